The Morgan fingerprint density at radius 3 is 1.53 bits per heavy atom. The average molecular weight is 764 g/mol. The molecule has 0 spiro atoms. The van der Waals surface area contributed by atoms with Crippen molar-refractivity contribution in [1.82, 2.24) is 39.0 Å². The molecule has 17 heteroatoms. The number of nitrogens with one attached hydrogen (secondary N) is 2. The largest absolute Gasteiger partial charge is 0.383 e. The fourth-order valence-corrected chi connectivity index (χ4v) is 5.91. The van der Waals surface area contributed by atoms with Crippen LogP contribution in [0.2, 0.25) is 5.02 Å². The first-order valence-corrected chi connectivity index (χ1v) is 17.0. The van der Waals surface area contributed by atoms with Gasteiger partial charge in [0.25, 0.3) is 0 Å². The smallest absolute Gasteiger partial charge is 0.239 e. The number of aryl methyl sites for hydroxylation is 2. The highest BCUT2D eigenvalue weighted by Gasteiger charge is 2.16. The van der Waals surface area contributed by atoms with Crippen LogP contribution in [-0.2, 0) is 0 Å². The molecule has 0 aliphatic carbocycles. The van der Waals surface area contributed by atoms with Gasteiger partial charge in [-0.05, 0) is 80.6 Å². The first kappa shape index (κ1) is 36.4. The van der Waals surface area contributed by atoms with Gasteiger partial charge in [-0.15, -0.1) is 0 Å². The Kier molecular flexibility index (Phi) is 9.82. The predicted molar refractivity (Wildman–Crippen MR) is 210 cm³/mol. The van der Waals surface area contributed by atoms with Gasteiger partial charge in [-0.25, -0.2) is 23.1 Å². The van der Waals surface area contributed by atoms with Gasteiger partial charge in [0.1, 0.15) is 52.4 Å². The van der Waals surface area contributed by atoms with Crippen molar-refractivity contribution >= 4 is 74.0 Å². The zero-order chi connectivity index (χ0) is 39.0. The summed E-state index contributed by atoms with van der Waals surface area (Å²) in [5.41, 5.74) is 16.7. The van der Waals surface area contributed by atoms with Crippen LogP contribution in [0.15, 0.2) is 91.0 Å². The molecule has 278 valence electrons. The van der Waals surface area contributed by atoms with E-state index in [9.17, 15) is 13.2 Å². The number of nitrogens with two attached hydrogens (primary N) is 2. The molecule has 8 aromatic rings. The van der Waals surface area contributed by atoms with E-state index in [1.807, 2.05) is 50.2 Å². The maximum absolute atomic E-state index is 13.8. The van der Waals surface area contributed by atoms with Gasteiger partial charge in [0.15, 0.2) is 0 Å². The summed E-state index contributed by atoms with van der Waals surface area (Å²) >= 11 is 5.70. The second-order valence-corrected chi connectivity index (χ2v) is 12.9. The fraction of sp³-hybridized carbons (Fsp3) is 0.105. The molecule has 4 aromatic heterocycles. The summed E-state index contributed by atoms with van der Waals surface area (Å²) in [6.07, 6.45) is 0. The maximum atomic E-state index is 13.8. The Morgan fingerprint density at radius 2 is 1.05 bits per heavy atom. The summed E-state index contributed by atoms with van der Waals surface area (Å²) in [6.45, 7) is 3.57. The summed E-state index contributed by atoms with van der Waals surface area (Å²) in [5, 5.41) is 6.21. The second kappa shape index (κ2) is 14.8. The third-order valence-electron chi connectivity index (χ3n) is 8.28. The van der Waals surface area contributed by atoms with Gasteiger partial charge in [0.2, 0.25) is 11.9 Å². The number of nitrogens with zero attached hydrogens (tertiary/aromatic N) is 9. The molecular weight excluding hydrogens is 731 g/mol. The monoisotopic (exact) mass is 763 g/mol. The van der Waals surface area contributed by atoms with Crippen molar-refractivity contribution in [2.75, 3.05) is 41.1 Å². The Labute approximate surface area is 317 Å². The molecule has 6 N–H and O–H groups in total. The molecule has 0 radical (unpaired) electrons. The van der Waals surface area contributed by atoms with E-state index in [4.69, 9.17) is 23.1 Å². The van der Waals surface area contributed by atoms with Crippen LogP contribution in [0.25, 0.3) is 34.0 Å². The van der Waals surface area contributed by atoms with Crippen LogP contribution in [0.3, 0.4) is 0 Å². The van der Waals surface area contributed by atoms with Crippen LogP contribution >= 0.6 is 11.6 Å². The third kappa shape index (κ3) is 7.89. The van der Waals surface area contributed by atoms with E-state index in [-0.39, 0.29) is 22.6 Å². The SMILES string of the molecule is Cc1nc2ccc(F)cc2n1-c1nc(N)cc(Nc2ccc(Cl)c(F)c2)n1.Cc1nc2ccc(F)cc2n1-c1nc(N)cc(Nc2ccc(N(C)C)cc2)n1. The third-order valence-corrected chi connectivity index (χ3v) is 8.59. The van der Waals surface area contributed by atoms with Crippen molar-refractivity contribution in [1.29, 1.82) is 0 Å². The highest BCUT2D eigenvalue weighted by atomic mass is 35.5. The molecule has 4 heterocycles. The molecule has 0 aliphatic heterocycles. The lowest BCUT2D eigenvalue weighted by Gasteiger charge is -2.14. The minimum Gasteiger partial charge on any atom is -0.383 e. The number of halogens is 4. The van der Waals surface area contributed by atoms with Gasteiger partial charge in [-0.2, -0.15) is 19.9 Å². The summed E-state index contributed by atoms with van der Waals surface area (Å²) in [6, 6.07) is 24.1. The minimum absolute atomic E-state index is 0.0194. The molecule has 13 nitrogen and oxygen atoms in total. The predicted octanol–water partition coefficient (Wildman–Crippen LogP) is 8.04. The Bertz CT molecular complexity index is 2690. The fourth-order valence-electron chi connectivity index (χ4n) is 5.79. The van der Waals surface area contributed by atoms with Crippen LogP contribution in [0.4, 0.5) is 53.5 Å². The summed E-state index contributed by atoms with van der Waals surface area (Å²) in [5.74, 6) is 1.84. The van der Waals surface area contributed by atoms with Gasteiger partial charge in [-0.3, -0.25) is 9.13 Å². The molecule has 8 rings (SSSR count). The molecule has 0 unspecified atom stereocenters. The van der Waals surface area contributed by atoms with Gasteiger partial charge >= 0.3 is 0 Å². The number of imidazole rings is 2. The van der Waals surface area contributed by atoms with Crippen molar-refractivity contribution in [2.24, 2.45) is 0 Å². The zero-order valence-corrected chi connectivity index (χ0v) is 30.6. The summed E-state index contributed by atoms with van der Waals surface area (Å²) in [4.78, 5) is 28.4. The second-order valence-electron chi connectivity index (χ2n) is 12.5. The number of hydrogen-bond donors (Lipinski definition) is 4. The van der Waals surface area contributed by atoms with Gasteiger partial charge in [0.05, 0.1) is 27.1 Å². The zero-order valence-electron chi connectivity index (χ0n) is 29.9. The first-order valence-electron chi connectivity index (χ1n) is 16.7. The van der Waals surface area contributed by atoms with Crippen molar-refractivity contribution in [3.05, 3.63) is 125 Å². The normalized spacial score (nSPS) is 11.1. The van der Waals surface area contributed by atoms with Crippen LogP contribution in [-0.4, -0.2) is 53.1 Å². The van der Waals surface area contributed by atoms with Crippen molar-refractivity contribution in [2.45, 2.75) is 13.8 Å². The molecule has 55 heavy (non-hydrogen) atoms. The van der Waals surface area contributed by atoms with Crippen LogP contribution in [0.5, 0.6) is 0 Å². The topological polar surface area (TPSA) is 167 Å². The maximum Gasteiger partial charge on any atom is 0.239 e. The molecule has 4 aromatic carbocycles. The van der Waals surface area contributed by atoms with Gasteiger partial charge in [0, 0.05) is 55.4 Å². The molecular formula is C38H33ClF3N13. The Balaban J connectivity index is 0.000000169. The highest BCUT2D eigenvalue weighted by Crippen LogP contribution is 2.27. The van der Waals surface area contributed by atoms with E-state index >= 15 is 0 Å². The van der Waals surface area contributed by atoms with E-state index < -0.39 is 11.6 Å². The van der Waals surface area contributed by atoms with Crippen LogP contribution in [0.1, 0.15) is 11.6 Å². The number of anilines is 7. The van der Waals surface area contributed by atoms with Crippen molar-refractivity contribution in [3.63, 3.8) is 0 Å². The Morgan fingerprint density at radius 1 is 0.582 bits per heavy atom. The molecule has 0 atom stereocenters. The van der Waals surface area contributed by atoms with Crippen LogP contribution < -0.4 is 27.0 Å². The summed E-state index contributed by atoms with van der Waals surface area (Å²) in [7, 11) is 3.97. The van der Waals surface area contributed by atoms with E-state index in [0.717, 1.165) is 11.4 Å². The molecule has 0 amide bonds. The number of hydrogen-bond acceptors (Lipinski definition) is 11. The number of nitrogen functional groups attached to an aromatic ring is 2. The minimum atomic E-state index is -0.559. The van der Waals surface area contributed by atoms with E-state index in [1.54, 1.807) is 40.3 Å². The molecule has 0 saturated carbocycles. The van der Waals surface area contributed by atoms with Crippen molar-refractivity contribution in [3.8, 4) is 11.9 Å². The quantitative estimate of drug-likeness (QED) is 0.124. The number of aromatic nitrogens is 8. The summed E-state index contributed by atoms with van der Waals surface area (Å²) < 4.78 is 44.4. The molecule has 0 fully saturated rings. The Hall–Kier alpha value is -6.94. The lowest BCUT2D eigenvalue weighted by molar-refractivity contribution is 0.628. The lowest BCUT2D eigenvalue weighted by Crippen LogP contribution is -2.09. The average Bonchev–Trinajstić information content (AvgIpc) is 3.63. The highest BCUT2D eigenvalue weighted by molar-refractivity contribution is 6.30. The number of fused-ring (bicyclic) bond motifs is 2. The van der Waals surface area contributed by atoms with E-state index in [0.29, 0.717) is 62.8 Å². The number of rotatable bonds is 7. The van der Waals surface area contributed by atoms with Crippen LogP contribution in [0, 0.1) is 31.3 Å². The molecule has 0 saturated heterocycles. The van der Waals surface area contributed by atoms with Gasteiger partial charge in [-0.1, -0.05) is 11.6 Å². The first-order chi connectivity index (χ1) is 26.3. The molecule has 0 bridgehead atoms. The van der Waals surface area contributed by atoms with Gasteiger partial charge < -0.3 is 27.0 Å². The standard InChI is InChI=1S/C20H20FN7.C18H13ClF2N6/c1-12-23-16-9-4-13(21)10-17(16)28(12)20-25-18(22)11-19(26-20)24-14-5-7-15(8-6-14)27(2)3;1-9-23-14-5-2-10(20)6-15(14)27(9)18-25-16(22)8-17(26-18)24-11-3-4-12(19)13(21)7-11/h4-11H,1-3H3,(H3,22,24,25,26);2-8H,1H3,(H3,22,24,25,26). The molecule has 0 aliphatic rings. The van der Waals surface area contributed by atoms with E-state index in [1.165, 1.54) is 42.5 Å². The van der Waals surface area contributed by atoms with E-state index in [2.05, 4.69) is 40.5 Å². The lowest BCUT2D eigenvalue weighted by atomic mass is 10.2. The van der Waals surface area contributed by atoms with Crippen molar-refractivity contribution < 1.29 is 13.2 Å². The number of benzene rings is 4.